The molecule has 11 heteroatoms. The number of benzene rings is 1. The van der Waals surface area contributed by atoms with Gasteiger partial charge in [0.05, 0.1) is 13.5 Å². The van der Waals surface area contributed by atoms with Crippen molar-refractivity contribution in [1.29, 1.82) is 0 Å². The summed E-state index contributed by atoms with van der Waals surface area (Å²) in [4.78, 5) is 52.1. The van der Waals surface area contributed by atoms with Crippen LogP contribution in [0, 0.1) is 5.92 Å². The molecule has 1 heterocycles. The first-order valence-electron chi connectivity index (χ1n) is 9.44. The summed E-state index contributed by atoms with van der Waals surface area (Å²) in [6.07, 6.45) is 2.52. The number of hydrogen-bond donors (Lipinski definition) is 3. The predicted molar refractivity (Wildman–Crippen MR) is 121 cm³/mol. The molecule has 2 aromatic rings. The topological polar surface area (TPSA) is 135 Å². The van der Waals surface area contributed by atoms with Crippen LogP contribution in [0.4, 0.5) is 10.5 Å². The Morgan fingerprint density at radius 3 is 2.47 bits per heavy atom. The van der Waals surface area contributed by atoms with E-state index in [2.05, 4.69) is 15.6 Å². The molecule has 170 valence electrons. The highest BCUT2D eigenvalue weighted by Crippen LogP contribution is 2.19. The van der Waals surface area contributed by atoms with E-state index < -0.39 is 29.9 Å². The van der Waals surface area contributed by atoms with Crippen LogP contribution in [0.5, 0.6) is 0 Å². The smallest absolute Gasteiger partial charge is 0.329 e. The van der Waals surface area contributed by atoms with Gasteiger partial charge >= 0.3 is 18.0 Å². The number of hydrogen-bond acceptors (Lipinski definition) is 7. The summed E-state index contributed by atoms with van der Waals surface area (Å²) < 4.78 is 4.74. The van der Waals surface area contributed by atoms with E-state index in [1.54, 1.807) is 36.4 Å². The van der Waals surface area contributed by atoms with E-state index in [1.807, 2.05) is 0 Å². The van der Waals surface area contributed by atoms with Gasteiger partial charge in [-0.3, -0.25) is 14.6 Å². The van der Waals surface area contributed by atoms with Crippen molar-refractivity contribution in [3.05, 3.63) is 59.4 Å². The summed E-state index contributed by atoms with van der Waals surface area (Å²) in [7, 11) is 1.19. The second-order valence-electron chi connectivity index (χ2n) is 6.62. The molecule has 0 fully saturated rings. The number of rotatable bonds is 11. The molecular weight excluding hydrogens is 458 g/mol. The number of carboxylic acid groups (broad SMARTS) is 1. The number of Topliss-reactive ketones (excluding diaryl/α,β-unsaturated/α-hetero) is 1. The summed E-state index contributed by atoms with van der Waals surface area (Å²) in [6.45, 7) is 0. The number of pyridine rings is 1. The highest BCUT2D eigenvalue weighted by atomic mass is 35.5. The number of aliphatic carboxylic acids is 1. The van der Waals surface area contributed by atoms with Gasteiger partial charge in [0.15, 0.2) is 5.78 Å². The normalized spacial score (nSPS) is 12.3. The zero-order valence-corrected chi connectivity index (χ0v) is 18.7. The number of urea groups is 1. The third kappa shape index (κ3) is 8.20. The lowest BCUT2D eigenvalue weighted by atomic mass is 9.97. The van der Waals surface area contributed by atoms with Crippen molar-refractivity contribution in [3.8, 4) is 0 Å². The van der Waals surface area contributed by atoms with Crippen LogP contribution in [-0.4, -0.2) is 58.5 Å². The van der Waals surface area contributed by atoms with Gasteiger partial charge in [-0.15, -0.1) is 0 Å². The number of thioether (sulfide) groups is 1. The van der Waals surface area contributed by atoms with E-state index >= 15 is 0 Å². The molecule has 1 aromatic heterocycles. The number of halogens is 1. The molecule has 2 rings (SSSR count). The molecule has 1 unspecified atom stereocenters. The van der Waals surface area contributed by atoms with Gasteiger partial charge in [-0.1, -0.05) is 11.6 Å². The van der Waals surface area contributed by atoms with Gasteiger partial charge in [-0.25, -0.2) is 9.59 Å². The van der Waals surface area contributed by atoms with Gasteiger partial charge in [0.1, 0.15) is 6.04 Å². The third-order valence-electron chi connectivity index (χ3n) is 4.23. The highest BCUT2D eigenvalue weighted by molar-refractivity contribution is 7.99. The fourth-order valence-corrected chi connectivity index (χ4v) is 3.95. The number of anilines is 1. The van der Waals surface area contributed by atoms with Crippen molar-refractivity contribution in [3.63, 3.8) is 0 Å². The fraction of sp³-hybridized carbons (Fsp3) is 0.286. The van der Waals surface area contributed by atoms with Gasteiger partial charge in [0.25, 0.3) is 0 Å². The van der Waals surface area contributed by atoms with Crippen molar-refractivity contribution >= 4 is 52.8 Å². The lowest BCUT2D eigenvalue weighted by Gasteiger charge is -2.18. The lowest BCUT2D eigenvalue weighted by Crippen LogP contribution is -2.45. The summed E-state index contributed by atoms with van der Waals surface area (Å²) >= 11 is 6.97. The molecule has 2 atom stereocenters. The third-order valence-corrected chi connectivity index (χ3v) is 5.69. The van der Waals surface area contributed by atoms with Crippen molar-refractivity contribution in [2.24, 2.45) is 5.92 Å². The molecule has 32 heavy (non-hydrogen) atoms. The van der Waals surface area contributed by atoms with E-state index in [-0.39, 0.29) is 23.7 Å². The number of nitrogens with zero attached hydrogens (tertiary/aromatic N) is 1. The number of carbonyl (C=O) groups excluding carboxylic acids is 3. The Morgan fingerprint density at radius 2 is 1.88 bits per heavy atom. The molecule has 0 aliphatic rings. The molecule has 0 saturated carbocycles. The molecular formula is C21H22ClN3O6S. The maximum absolute atomic E-state index is 12.7. The van der Waals surface area contributed by atoms with Crippen molar-refractivity contribution in [2.45, 2.75) is 12.5 Å². The first kappa shape index (κ1) is 25.2. The monoisotopic (exact) mass is 479 g/mol. The Bertz CT molecular complexity index is 942. The number of carbonyl (C=O) groups is 4. The Labute approximate surface area is 193 Å². The van der Waals surface area contributed by atoms with Crippen molar-refractivity contribution in [2.75, 3.05) is 23.9 Å². The fourth-order valence-electron chi connectivity index (χ4n) is 2.68. The Kier molecular flexibility index (Phi) is 9.96. The van der Waals surface area contributed by atoms with E-state index in [1.165, 1.54) is 19.5 Å². The molecule has 0 aliphatic carbocycles. The molecule has 0 spiro atoms. The number of aromatic nitrogens is 1. The van der Waals surface area contributed by atoms with Crippen LogP contribution in [0.2, 0.25) is 5.02 Å². The minimum Gasteiger partial charge on any atom is -0.481 e. The maximum atomic E-state index is 12.7. The number of carboxylic acids is 1. The molecule has 0 radical (unpaired) electrons. The zero-order valence-electron chi connectivity index (χ0n) is 17.1. The van der Waals surface area contributed by atoms with Crippen LogP contribution in [0.25, 0.3) is 0 Å². The van der Waals surface area contributed by atoms with Crippen molar-refractivity contribution < 1.29 is 29.0 Å². The molecule has 0 bridgehead atoms. The SMILES string of the molecule is COC(=O)[C@@H](CSCC(CC(=O)O)C(=O)c1cccnc1)NC(=O)Nc1ccc(Cl)cc1. The molecule has 3 N–H and O–H groups in total. The minimum absolute atomic E-state index is 0.0805. The summed E-state index contributed by atoms with van der Waals surface area (Å²) in [5.74, 6) is -2.74. The summed E-state index contributed by atoms with van der Waals surface area (Å²) in [5.41, 5.74) is 0.788. The molecule has 0 saturated heterocycles. The predicted octanol–water partition coefficient (Wildman–Crippen LogP) is 3.11. The molecule has 2 amide bonds. The van der Waals surface area contributed by atoms with Gasteiger partial charge < -0.3 is 20.5 Å². The van der Waals surface area contributed by atoms with Crippen LogP contribution in [0.1, 0.15) is 16.8 Å². The van der Waals surface area contributed by atoms with Crippen LogP contribution in [-0.2, 0) is 14.3 Å². The van der Waals surface area contributed by atoms with Gasteiger partial charge in [0, 0.05) is 46.1 Å². The van der Waals surface area contributed by atoms with Crippen LogP contribution < -0.4 is 10.6 Å². The number of ketones is 1. The number of methoxy groups -OCH3 is 1. The lowest BCUT2D eigenvalue weighted by molar-refractivity contribution is -0.142. The van der Waals surface area contributed by atoms with E-state index in [4.69, 9.17) is 21.4 Å². The summed E-state index contributed by atoms with van der Waals surface area (Å²) in [6, 6.07) is 7.94. The van der Waals surface area contributed by atoms with Crippen LogP contribution in [0.3, 0.4) is 0 Å². The average molecular weight is 480 g/mol. The largest absolute Gasteiger partial charge is 0.481 e. The first-order chi connectivity index (χ1) is 15.3. The van der Waals surface area contributed by atoms with Gasteiger partial charge in [-0.2, -0.15) is 11.8 Å². The Hall–Kier alpha value is -3.11. The first-order valence-corrected chi connectivity index (χ1v) is 11.0. The van der Waals surface area contributed by atoms with Crippen molar-refractivity contribution in [1.82, 2.24) is 10.3 Å². The molecule has 1 aromatic carbocycles. The van der Waals surface area contributed by atoms with Gasteiger partial charge in [0.2, 0.25) is 0 Å². The second-order valence-corrected chi connectivity index (χ2v) is 8.13. The van der Waals surface area contributed by atoms with E-state index in [0.29, 0.717) is 16.3 Å². The Balaban J connectivity index is 1.97. The molecule has 9 nitrogen and oxygen atoms in total. The quantitative estimate of drug-likeness (QED) is 0.330. The minimum atomic E-state index is -1.11. The molecule has 0 aliphatic heterocycles. The number of esters is 1. The zero-order chi connectivity index (χ0) is 23.5. The number of ether oxygens (including phenoxy) is 1. The number of nitrogens with one attached hydrogen (secondary N) is 2. The van der Waals surface area contributed by atoms with E-state index in [9.17, 15) is 19.2 Å². The average Bonchev–Trinajstić information content (AvgIpc) is 2.78. The standard InChI is InChI=1S/C21H22ClN3O6S/c1-31-20(29)17(25-21(30)24-16-6-4-15(22)5-7-16)12-32-11-14(9-18(26)27)19(28)13-3-2-8-23-10-13/h2-8,10,14,17H,9,11-12H2,1H3,(H,26,27)(H2,24,25,30)/t14?,17-/m1/s1. The summed E-state index contributed by atoms with van der Waals surface area (Å²) in [5, 5.41) is 14.8. The van der Waals surface area contributed by atoms with Crippen LogP contribution in [0.15, 0.2) is 48.8 Å². The second kappa shape index (κ2) is 12.7. The van der Waals surface area contributed by atoms with E-state index in [0.717, 1.165) is 11.8 Å². The van der Waals surface area contributed by atoms with Gasteiger partial charge in [-0.05, 0) is 36.4 Å². The number of amides is 2. The van der Waals surface area contributed by atoms with Crippen LogP contribution >= 0.6 is 23.4 Å². The Morgan fingerprint density at radius 1 is 1.16 bits per heavy atom. The highest BCUT2D eigenvalue weighted by Gasteiger charge is 2.26. The maximum Gasteiger partial charge on any atom is 0.329 e.